The SMILES string of the molecule is O=C(O)C1CNS(=O)(=O)N(Cc2ccco2)C1. The molecule has 0 aliphatic carbocycles. The molecular formula is C9H12N2O5S. The molecule has 0 amide bonds. The van der Waals surface area contributed by atoms with Gasteiger partial charge < -0.3 is 9.52 Å². The highest BCUT2D eigenvalue weighted by molar-refractivity contribution is 7.87. The van der Waals surface area contributed by atoms with E-state index in [-0.39, 0.29) is 19.6 Å². The minimum atomic E-state index is -3.61. The lowest BCUT2D eigenvalue weighted by atomic mass is 10.1. The number of hydrogen-bond acceptors (Lipinski definition) is 4. The van der Waals surface area contributed by atoms with E-state index < -0.39 is 22.1 Å². The summed E-state index contributed by atoms with van der Waals surface area (Å²) in [5, 5.41) is 8.87. The fourth-order valence-electron chi connectivity index (χ4n) is 1.60. The van der Waals surface area contributed by atoms with E-state index in [1.807, 2.05) is 0 Å². The van der Waals surface area contributed by atoms with Crippen LogP contribution in [0.1, 0.15) is 5.76 Å². The van der Waals surface area contributed by atoms with Crippen LogP contribution in [-0.2, 0) is 21.5 Å². The van der Waals surface area contributed by atoms with Crippen LogP contribution in [-0.4, -0.2) is 36.9 Å². The van der Waals surface area contributed by atoms with Gasteiger partial charge in [-0.3, -0.25) is 4.79 Å². The molecule has 1 aromatic heterocycles. The van der Waals surface area contributed by atoms with E-state index in [2.05, 4.69) is 4.72 Å². The Kier molecular flexibility index (Phi) is 3.18. The highest BCUT2D eigenvalue weighted by atomic mass is 32.2. The van der Waals surface area contributed by atoms with Gasteiger partial charge in [-0.15, -0.1) is 0 Å². The molecule has 94 valence electrons. The van der Waals surface area contributed by atoms with Crippen molar-refractivity contribution in [3.63, 3.8) is 0 Å². The maximum absolute atomic E-state index is 11.7. The van der Waals surface area contributed by atoms with Crippen LogP contribution in [0.4, 0.5) is 0 Å². The number of hydrogen-bond donors (Lipinski definition) is 2. The summed E-state index contributed by atoms with van der Waals surface area (Å²) in [6.07, 6.45) is 1.44. The molecule has 1 unspecified atom stereocenters. The highest BCUT2D eigenvalue weighted by Gasteiger charge is 2.34. The zero-order chi connectivity index (χ0) is 12.5. The van der Waals surface area contributed by atoms with Gasteiger partial charge >= 0.3 is 5.97 Å². The van der Waals surface area contributed by atoms with Gasteiger partial charge in [0.25, 0.3) is 10.2 Å². The molecule has 0 bridgehead atoms. The Hall–Kier alpha value is -1.38. The van der Waals surface area contributed by atoms with Gasteiger partial charge in [0.1, 0.15) is 5.76 Å². The molecule has 0 radical (unpaired) electrons. The summed E-state index contributed by atoms with van der Waals surface area (Å²) in [6.45, 7) is -0.0935. The van der Waals surface area contributed by atoms with Crippen LogP contribution in [0, 0.1) is 5.92 Å². The maximum atomic E-state index is 11.7. The van der Waals surface area contributed by atoms with Crippen molar-refractivity contribution in [3.05, 3.63) is 24.2 Å². The van der Waals surface area contributed by atoms with Crippen LogP contribution < -0.4 is 4.72 Å². The minimum Gasteiger partial charge on any atom is -0.481 e. The quantitative estimate of drug-likeness (QED) is 0.772. The first-order valence-electron chi connectivity index (χ1n) is 4.99. The third-order valence-corrected chi connectivity index (χ3v) is 4.03. The number of aliphatic carboxylic acids is 1. The first-order valence-corrected chi connectivity index (χ1v) is 6.43. The lowest BCUT2D eigenvalue weighted by Gasteiger charge is -2.29. The summed E-state index contributed by atoms with van der Waals surface area (Å²) in [7, 11) is -3.61. The second-order valence-electron chi connectivity index (χ2n) is 3.76. The molecule has 0 saturated carbocycles. The van der Waals surface area contributed by atoms with Gasteiger partial charge in [0.15, 0.2) is 0 Å². The van der Waals surface area contributed by atoms with Crippen molar-refractivity contribution >= 4 is 16.2 Å². The van der Waals surface area contributed by atoms with Gasteiger partial charge in [-0.25, -0.2) is 4.72 Å². The Morgan fingerprint density at radius 3 is 3.00 bits per heavy atom. The molecule has 2 N–H and O–H groups in total. The maximum Gasteiger partial charge on any atom is 0.309 e. The van der Waals surface area contributed by atoms with Crippen molar-refractivity contribution in [2.75, 3.05) is 13.1 Å². The zero-order valence-electron chi connectivity index (χ0n) is 8.87. The fourth-order valence-corrected chi connectivity index (χ4v) is 2.86. The molecule has 2 rings (SSSR count). The van der Waals surface area contributed by atoms with E-state index in [1.165, 1.54) is 6.26 Å². The van der Waals surface area contributed by atoms with E-state index in [0.717, 1.165) is 4.31 Å². The van der Waals surface area contributed by atoms with E-state index >= 15 is 0 Å². The van der Waals surface area contributed by atoms with Crippen molar-refractivity contribution in [2.45, 2.75) is 6.54 Å². The van der Waals surface area contributed by atoms with E-state index in [4.69, 9.17) is 9.52 Å². The summed E-state index contributed by atoms with van der Waals surface area (Å²) >= 11 is 0. The number of carbonyl (C=O) groups is 1. The summed E-state index contributed by atoms with van der Waals surface area (Å²) in [5.41, 5.74) is 0. The smallest absolute Gasteiger partial charge is 0.309 e. The predicted molar refractivity (Wildman–Crippen MR) is 57.2 cm³/mol. The number of rotatable bonds is 3. The van der Waals surface area contributed by atoms with E-state index in [9.17, 15) is 13.2 Å². The van der Waals surface area contributed by atoms with Gasteiger partial charge in [0.2, 0.25) is 0 Å². The second kappa shape index (κ2) is 4.47. The van der Waals surface area contributed by atoms with Crippen LogP contribution in [0.15, 0.2) is 22.8 Å². The van der Waals surface area contributed by atoms with Crippen LogP contribution >= 0.6 is 0 Å². The Morgan fingerprint density at radius 1 is 1.65 bits per heavy atom. The molecule has 1 aromatic rings. The number of carboxylic acid groups (broad SMARTS) is 1. The molecule has 17 heavy (non-hydrogen) atoms. The lowest BCUT2D eigenvalue weighted by Crippen LogP contribution is -2.52. The molecule has 7 nitrogen and oxygen atoms in total. The van der Waals surface area contributed by atoms with Gasteiger partial charge in [0.05, 0.1) is 18.7 Å². The van der Waals surface area contributed by atoms with Crippen LogP contribution in [0.5, 0.6) is 0 Å². The molecule has 1 atom stereocenters. The normalized spacial score (nSPS) is 24.6. The molecule has 0 aromatic carbocycles. The lowest BCUT2D eigenvalue weighted by molar-refractivity contribution is -0.142. The summed E-state index contributed by atoms with van der Waals surface area (Å²) in [4.78, 5) is 10.8. The molecule has 1 aliphatic heterocycles. The fraction of sp³-hybridized carbons (Fsp3) is 0.444. The first-order chi connectivity index (χ1) is 7.99. The summed E-state index contributed by atoms with van der Waals surface area (Å²) in [5.74, 6) is -1.29. The van der Waals surface area contributed by atoms with E-state index in [1.54, 1.807) is 12.1 Å². The Morgan fingerprint density at radius 2 is 2.41 bits per heavy atom. The Balaban J connectivity index is 2.14. The molecule has 8 heteroatoms. The van der Waals surface area contributed by atoms with Crippen molar-refractivity contribution in [1.82, 2.24) is 9.03 Å². The number of carboxylic acids is 1. The van der Waals surface area contributed by atoms with Gasteiger partial charge in [-0.1, -0.05) is 0 Å². The Labute approximate surface area is 98.2 Å². The average Bonchev–Trinajstić information content (AvgIpc) is 2.73. The molecule has 1 saturated heterocycles. The van der Waals surface area contributed by atoms with Crippen LogP contribution in [0.3, 0.4) is 0 Å². The molecular weight excluding hydrogens is 248 g/mol. The third-order valence-electron chi connectivity index (χ3n) is 2.54. The predicted octanol–water partition coefficient (Wildman–Crippen LogP) is -0.370. The minimum absolute atomic E-state index is 0.0338. The standard InChI is InChI=1S/C9H12N2O5S/c12-9(13)7-4-10-17(14,15)11(5-7)6-8-2-1-3-16-8/h1-3,7,10H,4-6H2,(H,12,13). The van der Waals surface area contributed by atoms with Crippen LogP contribution in [0.25, 0.3) is 0 Å². The number of furan rings is 1. The third kappa shape index (κ3) is 2.65. The highest BCUT2D eigenvalue weighted by Crippen LogP contribution is 2.15. The van der Waals surface area contributed by atoms with Gasteiger partial charge in [-0.2, -0.15) is 12.7 Å². The largest absolute Gasteiger partial charge is 0.481 e. The molecule has 0 spiro atoms. The first kappa shape index (κ1) is 12.1. The molecule has 1 aliphatic rings. The molecule has 2 heterocycles. The van der Waals surface area contributed by atoms with Crippen molar-refractivity contribution < 1.29 is 22.7 Å². The summed E-state index contributed by atoms with van der Waals surface area (Å²) < 4.78 is 31.6. The average molecular weight is 260 g/mol. The number of nitrogens with one attached hydrogen (secondary N) is 1. The second-order valence-corrected chi connectivity index (χ2v) is 5.52. The zero-order valence-corrected chi connectivity index (χ0v) is 9.68. The summed E-state index contributed by atoms with van der Waals surface area (Å²) in [6, 6.07) is 3.29. The van der Waals surface area contributed by atoms with Crippen molar-refractivity contribution in [3.8, 4) is 0 Å². The molecule has 1 fully saturated rings. The number of nitrogens with zero attached hydrogens (tertiary/aromatic N) is 1. The van der Waals surface area contributed by atoms with Crippen molar-refractivity contribution in [1.29, 1.82) is 0 Å². The van der Waals surface area contributed by atoms with Crippen LogP contribution in [0.2, 0.25) is 0 Å². The Bertz CT molecular complexity index is 495. The van der Waals surface area contributed by atoms with E-state index in [0.29, 0.717) is 5.76 Å². The van der Waals surface area contributed by atoms with Gasteiger partial charge in [0, 0.05) is 13.1 Å². The monoisotopic (exact) mass is 260 g/mol. The van der Waals surface area contributed by atoms with Gasteiger partial charge in [-0.05, 0) is 12.1 Å². The van der Waals surface area contributed by atoms with Crippen molar-refractivity contribution in [2.24, 2.45) is 5.92 Å². The topological polar surface area (TPSA) is 99.8 Å².